The van der Waals surface area contributed by atoms with Gasteiger partial charge in [0.25, 0.3) is 0 Å². The van der Waals surface area contributed by atoms with E-state index in [9.17, 15) is 13.6 Å². The van der Waals surface area contributed by atoms with Crippen LogP contribution in [-0.2, 0) is 4.79 Å². The summed E-state index contributed by atoms with van der Waals surface area (Å²) in [6.07, 6.45) is 0.938. The van der Waals surface area contributed by atoms with Gasteiger partial charge in [-0.1, -0.05) is 6.07 Å². The number of carbonyl (C=O) groups excluding carboxylic acids is 1. The molecular formula is C21H25F2N3O2. The molecule has 0 bridgehead atoms. The SMILES string of the molecule is O=C(CN1CCCN(c2ccc(F)cc2)CC1)NCCOc1cccc(F)c1. The van der Waals surface area contributed by atoms with E-state index in [2.05, 4.69) is 15.1 Å². The second-order valence-electron chi connectivity index (χ2n) is 6.75. The molecule has 1 aliphatic heterocycles. The number of carbonyl (C=O) groups is 1. The average Bonchev–Trinajstić information content (AvgIpc) is 2.92. The number of anilines is 1. The van der Waals surface area contributed by atoms with Gasteiger partial charge in [-0.25, -0.2) is 8.78 Å². The Bertz CT molecular complexity index is 771. The normalized spacial score (nSPS) is 15.1. The number of nitrogens with zero attached hydrogens (tertiary/aromatic N) is 2. The standard InChI is InChI=1S/C21H25F2N3O2/c22-17-5-7-19(8-6-17)26-11-2-10-25(12-13-26)16-21(27)24-9-14-28-20-4-1-3-18(23)15-20/h1,3-8,15H,2,9-14,16H2,(H,24,27). The Hall–Kier alpha value is -2.67. The summed E-state index contributed by atoms with van der Waals surface area (Å²) in [5, 5.41) is 2.83. The molecule has 2 aromatic rings. The van der Waals surface area contributed by atoms with Crippen LogP contribution in [0.5, 0.6) is 5.75 Å². The topological polar surface area (TPSA) is 44.8 Å². The fraction of sp³-hybridized carbons (Fsp3) is 0.381. The lowest BCUT2D eigenvalue weighted by molar-refractivity contribution is -0.122. The molecule has 1 aliphatic rings. The number of halogens is 2. The minimum absolute atomic E-state index is 0.0573. The van der Waals surface area contributed by atoms with Crippen molar-refractivity contribution in [3.05, 3.63) is 60.2 Å². The van der Waals surface area contributed by atoms with Crippen molar-refractivity contribution in [2.45, 2.75) is 6.42 Å². The molecule has 0 radical (unpaired) electrons. The molecule has 1 amide bonds. The highest BCUT2D eigenvalue weighted by molar-refractivity contribution is 5.78. The minimum Gasteiger partial charge on any atom is -0.492 e. The molecule has 1 saturated heterocycles. The largest absolute Gasteiger partial charge is 0.492 e. The average molecular weight is 389 g/mol. The van der Waals surface area contributed by atoms with Gasteiger partial charge in [-0.3, -0.25) is 9.69 Å². The van der Waals surface area contributed by atoms with Gasteiger partial charge in [0, 0.05) is 37.9 Å². The summed E-state index contributed by atoms with van der Waals surface area (Å²) >= 11 is 0. The van der Waals surface area contributed by atoms with E-state index in [1.54, 1.807) is 24.3 Å². The molecule has 7 heteroatoms. The van der Waals surface area contributed by atoms with E-state index < -0.39 is 0 Å². The van der Waals surface area contributed by atoms with Gasteiger partial charge in [-0.05, 0) is 42.8 Å². The first-order valence-corrected chi connectivity index (χ1v) is 9.48. The van der Waals surface area contributed by atoms with Crippen LogP contribution in [0.2, 0.25) is 0 Å². The molecule has 1 N–H and O–H groups in total. The van der Waals surface area contributed by atoms with Crippen molar-refractivity contribution in [2.75, 3.05) is 50.8 Å². The maximum absolute atomic E-state index is 13.1. The Morgan fingerprint density at radius 2 is 1.82 bits per heavy atom. The van der Waals surface area contributed by atoms with Crippen LogP contribution >= 0.6 is 0 Å². The fourth-order valence-corrected chi connectivity index (χ4v) is 3.21. The third-order valence-corrected chi connectivity index (χ3v) is 4.64. The first kappa shape index (κ1) is 20.1. The molecule has 0 aliphatic carbocycles. The Kier molecular flexibility index (Phi) is 7.19. The molecule has 0 saturated carbocycles. The number of rotatable bonds is 7. The molecule has 0 aromatic heterocycles. The van der Waals surface area contributed by atoms with Gasteiger partial charge < -0.3 is 15.0 Å². The summed E-state index contributed by atoms with van der Waals surface area (Å²) in [4.78, 5) is 16.5. The van der Waals surface area contributed by atoms with Crippen molar-refractivity contribution < 1.29 is 18.3 Å². The Morgan fingerprint density at radius 3 is 2.61 bits per heavy atom. The second-order valence-corrected chi connectivity index (χ2v) is 6.75. The molecule has 150 valence electrons. The Balaban J connectivity index is 1.36. The van der Waals surface area contributed by atoms with E-state index >= 15 is 0 Å². The first-order valence-electron chi connectivity index (χ1n) is 9.48. The molecule has 0 unspecified atom stereocenters. The summed E-state index contributed by atoms with van der Waals surface area (Å²) in [5.41, 5.74) is 1.00. The van der Waals surface area contributed by atoms with E-state index in [0.29, 0.717) is 18.8 Å². The van der Waals surface area contributed by atoms with Gasteiger partial charge in [0.2, 0.25) is 5.91 Å². The van der Waals surface area contributed by atoms with Crippen molar-refractivity contribution in [1.29, 1.82) is 0 Å². The predicted molar refractivity (Wildman–Crippen MR) is 105 cm³/mol. The van der Waals surface area contributed by atoms with Gasteiger partial charge in [-0.2, -0.15) is 0 Å². The maximum Gasteiger partial charge on any atom is 0.234 e. The highest BCUT2D eigenvalue weighted by atomic mass is 19.1. The highest BCUT2D eigenvalue weighted by Crippen LogP contribution is 2.17. The second kappa shape index (κ2) is 10.0. The van der Waals surface area contributed by atoms with Crippen molar-refractivity contribution in [1.82, 2.24) is 10.2 Å². The number of benzene rings is 2. The number of hydrogen-bond acceptors (Lipinski definition) is 4. The van der Waals surface area contributed by atoms with Crippen LogP contribution < -0.4 is 15.0 Å². The summed E-state index contributed by atoms with van der Waals surface area (Å²) in [7, 11) is 0. The lowest BCUT2D eigenvalue weighted by Crippen LogP contribution is -2.40. The van der Waals surface area contributed by atoms with Crippen LogP contribution in [0.25, 0.3) is 0 Å². The molecular weight excluding hydrogens is 364 g/mol. The minimum atomic E-state index is -0.350. The molecule has 5 nitrogen and oxygen atoms in total. The summed E-state index contributed by atoms with van der Waals surface area (Å²) in [5.74, 6) is -0.198. The van der Waals surface area contributed by atoms with E-state index in [-0.39, 0.29) is 24.1 Å². The molecule has 1 heterocycles. The number of amides is 1. The summed E-state index contributed by atoms with van der Waals surface area (Å²) < 4.78 is 31.6. The van der Waals surface area contributed by atoms with Crippen LogP contribution in [0.3, 0.4) is 0 Å². The zero-order valence-corrected chi connectivity index (χ0v) is 15.7. The van der Waals surface area contributed by atoms with Gasteiger partial charge in [0.1, 0.15) is 24.0 Å². The first-order chi connectivity index (χ1) is 13.6. The van der Waals surface area contributed by atoms with Crippen LogP contribution in [0, 0.1) is 11.6 Å². The molecule has 28 heavy (non-hydrogen) atoms. The maximum atomic E-state index is 13.1. The number of ether oxygens (including phenoxy) is 1. The van der Waals surface area contributed by atoms with Gasteiger partial charge in [0.05, 0.1) is 13.1 Å². The summed E-state index contributed by atoms with van der Waals surface area (Å²) in [6, 6.07) is 12.4. The third kappa shape index (κ3) is 6.20. The molecule has 1 fully saturated rings. The number of hydrogen-bond donors (Lipinski definition) is 1. The zero-order chi connectivity index (χ0) is 19.8. The quantitative estimate of drug-likeness (QED) is 0.740. The van der Waals surface area contributed by atoms with Crippen molar-refractivity contribution in [3.63, 3.8) is 0 Å². The lowest BCUT2D eigenvalue weighted by atomic mass is 10.2. The van der Waals surface area contributed by atoms with E-state index in [4.69, 9.17) is 4.74 Å². The van der Waals surface area contributed by atoms with E-state index in [0.717, 1.165) is 38.3 Å². The van der Waals surface area contributed by atoms with Gasteiger partial charge in [0.15, 0.2) is 0 Å². The van der Waals surface area contributed by atoms with Crippen molar-refractivity contribution >= 4 is 11.6 Å². The monoisotopic (exact) mass is 389 g/mol. The van der Waals surface area contributed by atoms with Gasteiger partial charge >= 0.3 is 0 Å². The summed E-state index contributed by atoms with van der Waals surface area (Å²) in [6.45, 7) is 4.26. The van der Waals surface area contributed by atoms with Crippen LogP contribution in [0.1, 0.15) is 6.42 Å². The smallest absolute Gasteiger partial charge is 0.234 e. The van der Waals surface area contributed by atoms with Crippen molar-refractivity contribution in [3.8, 4) is 5.75 Å². The number of nitrogens with one attached hydrogen (secondary N) is 1. The van der Waals surface area contributed by atoms with Gasteiger partial charge in [-0.15, -0.1) is 0 Å². The van der Waals surface area contributed by atoms with E-state index in [1.165, 1.54) is 24.3 Å². The lowest BCUT2D eigenvalue weighted by Gasteiger charge is -2.23. The van der Waals surface area contributed by atoms with Crippen LogP contribution in [0.15, 0.2) is 48.5 Å². The van der Waals surface area contributed by atoms with Crippen LogP contribution in [0.4, 0.5) is 14.5 Å². The fourth-order valence-electron chi connectivity index (χ4n) is 3.21. The Labute approximate surface area is 163 Å². The van der Waals surface area contributed by atoms with Crippen LogP contribution in [-0.4, -0.2) is 56.7 Å². The Morgan fingerprint density at radius 1 is 1.00 bits per heavy atom. The molecule has 3 rings (SSSR count). The molecule has 0 spiro atoms. The highest BCUT2D eigenvalue weighted by Gasteiger charge is 2.17. The molecule has 2 aromatic carbocycles. The van der Waals surface area contributed by atoms with Crippen molar-refractivity contribution in [2.24, 2.45) is 0 Å². The predicted octanol–water partition coefficient (Wildman–Crippen LogP) is 2.67. The van der Waals surface area contributed by atoms with E-state index in [1.807, 2.05) is 0 Å². The molecule has 0 atom stereocenters. The third-order valence-electron chi connectivity index (χ3n) is 4.64. The zero-order valence-electron chi connectivity index (χ0n) is 15.7.